The monoisotopic (exact) mass is 456 g/mol. The number of nitrogens with one attached hydrogen (secondary N) is 2. The van der Waals surface area contributed by atoms with Gasteiger partial charge in [0, 0.05) is 74.0 Å². The van der Waals surface area contributed by atoms with Crippen LogP contribution in [0.2, 0.25) is 0 Å². The predicted octanol–water partition coefficient (Wildman–Crippen LogP) is 2.63. The van der Waals surface area contributed by atoms with Gasteiger partial charge in [-0.1, -0.05) is 6.92 Å². The van der Waals surface area contributed by atoms with E-state index in [0.717, 1.165) is 69.1 Å². The lowest BCUT2D eigenvalue weighted by molar-refractivity contribution is -0.0131. The lowest BCUT2D eigenvalue weighted by Crippen LogP contribution is -2.68. The summed E-state index contributed by atoms with van der Waals surface area (Å²) in [7, 11) is 1.67. The maximum absolute atomic E-state index is 13.1. The first kappa shape index (κ1) is 22.5. The molecule has 3 aliphatic heterocycles. The lowest BCUT2D eigenvalue weighted by Gasteiger charge is -2.56. The molecule has 2 aromatic rings. The average molecular weight is 457 g/mol. The number of amides is 2. The van der Waals surface area contributed by atoms with E-state index < -0.39 is 0 Å². The molecule has 1 aromatic heterocycles. The number of fused-ring (bicyclic) bond motifs is 4. The highest BCUT2D eigenvalue weighted by Crippen LogP contribution is 2.48. The van der Waals surface area contributed by atoms with Crippen LogP contribution in [0, 0.1) is 5.92 Å². The fourth-order valence-corrected chi connectivity index (χ4v) is 6.04. The Balaban J connectivity index is 1.49. The number of benzene rings is 1. The number of H-pyrrole nitrogens is 1. The molecular formula is C25H36N4O4. The minimum absolute atomic E-state index is 0.0972. The molecule has 0 bridgehead atoms. The van der Waals surface area contributed by atoms with Crippen molar-refractivity contribution in [3.05, 3.63) is 29.5 Å². The van der Waals surface area contributed by atoms with Crippen LogP contribution in [0.5, 0.6) is 5.75 Å². The molecule has 3 aliphatic rings. The van der Waals surface area contributed by atoms with Crippen LogP contribution < -0.4 is 10.1 Å². The number of aromatic amines is 1. The number of rotatable bonds is 6. The molecular weight excluding hydrogens is 420 g/mol. The molecule has 2 saturated heterocycles. The molecule has 33 heavy (non-hydrogen) atoms. The number of hydrogen-bond donors (Lipinski definition) is 3. The first-order valence-corrected chi connectivity index (χ1v) is 12.2. The van der Waals surface area contributed by atoms with Gasteiger partial charge in [0.25, 0.3) is 0 Å². The van der Waals surface area contributed by atoms with Crippen molar-refractivity contribution in [1.82, 2.24) is 20.1 Å². The fourth-order valence-electron chi connectivity index (χ4n) is 6.04. The summed E-state index contributed by atoms with van der Waals surface area (Å²) < 4.78 is 11.0. The molecule has 3 N–H and O–H groups in total. The van der Waals surface area contributed by atoms with Gasteiger partial charge in [-0.3, -0.25) is 0 Å². The minimum atomic E-state index is -0.384. The van der Waals surface area contributed by atoms with Crippen molar-refractivity contribution in [3.8, 4) is 5.75 Å². The van der Waals surface area contributed by atoms with Crippen molar-refractivity contribution >= 4 is 16.9 Å². The van der Waals surface area contributed by atoms with Crippen molar-refractivity contribution in [2.24, 2.45) is 5.92 Å². The van der Waals surface area contributed by atoms with Gasteiger partial charge in [-0.05, 0) is 42.9 Å². The van der Waals surface area contributed by atoms with Gasteiger partial charge in [0.05, 0.1) is 19.8 Å². The molecule has 2 amide bonds. The predicted molar refractivity (Wildman–Crippen MR) is 127 cm³/mol. The summed E-state index contributed by atoms with van der Waals surface area (Å²) in [5.41, 5.74) is 3.09. The Morgan fingerprint density at radius 2 is 2.09 bits per heavy atom. The first-order valence-electron chi connectivity index (χ1n) is 12.2. The van der Waals surface area contributed by atoms with Gasteiger partial charge >= 0.3 is 6.03 Å². The summed E-state index contributed by atoms with van der Waals surface area (Å²) in [6, 6.07) is 5.64. The highest BCUT2D eigenvalue weighted by Gasteiger charge is 2.53. The molecule has 8 heteroatoms. The summed E-state index contributed by atoms with van der Waals surface area (Å²) >= 11 is 0. The fraction of sp³-hybridized carbons (Fsp3) is 0.640. The normalized spacial score (nSPS) is 22.9. The average Bonchev–Trinajstić information content (AvgIpc) is 3.20. The van der Waals surface area contributed by atoms with E-state index in [4.69, 9.17) is 9.47 Å². The van der Waals surface area contributed by atoms with Gasteiger partial charge in [-0.15, -0.1) is 0 Å². The third kappa shape index (κ3) is 3.98. The summed E-state index contributed by atoms with van der Waals surface area (Å²) in [4.78, 5) is 21.1. The topological polar surface area (TPSA) is 90.1 Å². The van der Waals surface area contributed by atoms with Crippen LogP contribution in [0.1, 0.15) is 43.5 Å². The van der Waals surface area contributed by atoms with Gasteiger partial charge in [-0.2, -0.15) is 0 Å². The van der Waals surface area contributed by atoms with Crippen molar-refractivity contribution in [3.63, 3.8) is 0 Å². The van der Waals surface area contributed by atoms with Crippen LogP contribution in [0.15, 0.2) is 18.2 Å². The number of hydrogen-bond acceptors (Lipinski definition) is 5. The third-order valence-corrected chi connectivity index (χ3v) is 7.62. The Bertz CT molecular complexity index is 994. The van der Waals surface area contributed by atoms with E-state index in [9.17, 15) is 9.90 Å². The molecule has 2 fully saturated rings. The van der Waals surface area contributed by atoms with Crippen LogP contribution in [-0.4, -0.2) is 85.6 Å². The van der Waals surface area contributed by atoms with Crippen LogP contribution in [0.3, 0.4) is 0 Å². The maximum atomic E-state index is 13.1. The number of aromatic nitrogens is 1. The molecule has 0 saturated carbocycles. The van der Waals surface area contributed by atoms with Gasteiger partial charge in [0.2, 0.25) is 0 Å². The number of carbonyl (C=O) groups excluding carboxylic acids is 1. The maximum Gasteiger partial charge on any atom is 0.318 e. The van der Waals surface area contributed by atoms with Gasteiger partial charge in [0.1, 0.15) is 5.75 Å². The molecule has 0 radical (unpaired) electrons. The number of likely N-dealkylation sites (tertiary alicyclic amines) is 1. The molecule has 0 unspecified atom stereocenters. The lowest BCUT2D eigenvalue weighted by atomic mass is 9.68. The molecule has 4 heterocycles. The Morgan fingerprint density at radius 3 is 2.79 bits per heavy atom. The van der Waals surface area contributed by atoms with Crippen LogP contribution in [-0.2, 0) is 10.2 Å². The van der Waals surface area contributed by atoms with Crippen molar-refractivity contribution in [1.29, 1.82) is 0 Å². The zero-order valence-corrected chi connectivity index (χ0v) is 19.7. The minimum Gasteiger partial charge on any atom is -0.497 e. The number of aliphatic hydroxyl groups excluding tert-OH is 1. The SMILES string of the molecule is CCCNC(=O)N1CC2(CN(CC3CCOCC3)C2)c2c([nH]c3cc(OC)ccc23)[C@H]1CO. The first-order chi connectivity index (χ1) is 16.1. The second kappa shape index (κ2) is 9.16. The van der Waals surface area contributed by atoms with E-state index >= 15 is 0 Å². The van der Waals surface area contributed by atoms with Crippen molar-refractivity contribution in [2.75, 3.05) is 59.7 Å². The van der Waals surface area contributed by atoms with E-state index in [2.05, 4.69) is 21.3 Å². The molecule has 1 spiro atoms. The van der Waals surface area contributed by atoms with Crippen LogP contribution in [0.4, 0.5) is 4.79 Å². The Kier molecular flexibility index (Phi) is 6.24. The standard InChI is InChI=1S/C25H36N4O4/c1-3-8-26-24(31)29-16-25(14-28(15-25)12-17-6-9-33-10-7-17)22-19-5-4-18(32-2)11-20(19)27-23(22)21(29)13-30/h4-5,11,17,21,27,30H,3,6-10,12-16H2,1-2H3,(H,26,31)/t21-/m1/s1. The van der Waals surface area contributed by atoms with E-state index in [1.165, 1.54) is 10.9 Å². The molecule has 1 aromatic carbocycles. The van der Waals surface area contributed by atoms with E-state index in [-0.39, 0.29) is 24.1 Å². The number of methoxy groups -OCH3 is 1. The quantitative estimate of drug-likeness (QED) is 0.622. The highest BCUT2D eigenvalue weighted by molar-refractivity contribution is 5.89. The number of aliphatic hydroxyl groups is 1. The highest BCUT2D eigenvalue weighted by atomic mass is 16.5. The Hall–Kier alpha value is -2.29. The largest absolute Gasteiger partial charge is 0.497 e. The molecule has 5 rings (SSSR count). The van der Waals surface area contributed by atoms with Crippen LogP contribution in [0.25, 0.3) is 10.9 Å². The Morgan fingerprint density at radius 1 is 1.30 bits per heavy atom. The second-order valence-corrected chi connectivity index (χ2v) is 9.89. The van der Waals surface area contributed by atoms with Gasteiger partial charge < -0.3 is 34.7 Å². The smallest absolute Gasteiger partial charge is 0.318 e. The summed E-state index contributed by atoms with van der Waals surface area (Å²) in [6.07, 6.45) is 3.13. The number of carbonyl (C=O) groups is 1. The number of ether oxygens (including phenoxy) is 2. The van der Waals surface area contributed by atoms with Gasteiger partial charge in [0.15, 0.2) is 0 Å². The van der Waals surface area contributed by atoms with Gasteiger partial charge in [-0.25, -0.2) is 4.79 Å². The number of nitrogens with zero attached hydrogens (tertiary/aromatic N) is 2. The number of urea groups is 1. The van der Waals surface area contributed by atoms with E-state index in [1.807, 2.05) is 24.0 Å². The summed E-state index contributed by atoms with van der Waals surface area (Å²) in [5, 5.41) is 14.5. The summed E-state index contributed by atoms with van der Waals surface area (Å²) in [6.45, 7) is 7.84. The zero-order valence-electron chi connectivity index (χ0n) is 19.7. The molecule has 8 nitrogen and oxygen atoms in total. The van der Waals surface area contributed by atoms with Crippen molar-refractivity contribution in [2.45, 2.75) is 37.6 Å². The zero-order chi connectivity index (χ0) is 23.0. The molecule has 1 atom stereocenters. The molecule has 180 valence electrons. The molecule has 0 aliphatic carbocycles. The Labute approximate surface area is 195 Å². The van der Waals surface area contributed by atoms with Crippen molar-refractivity contribution < 1.29 is 19.4 Å². The second-order valence-electron chi connectivity index (χ2n) is 9.89. The van der Waals surface area contributed by atoms with E-state index in [0.29, 0.717) is 19.0 Å². The van der Waals surface area contributed by atoms with Crippen LogP contribution >= 0.6 is 0 Å². The third-order valence-electron chi connectivity index (χ3n) is 7.62. The van der Waals surface area contributed by atoms with E-state index in [1.54, 1.807) is 7.11 Å². The summed E-state index contributed by atoms with van der Waals surface area (Å²) in [5.74, 6) is 1.48.